The zero-order valence-corrected chi connectivity index (χ0v) is 8.37. The van der Waals surface area contributed by atoms with Gasteiger partial charge in [-0.25, -0.2) is 14.4 Å². The van der Waals surface area contributed by atoms with Gasteiger partial charge >= 0.3 is 0 Å². The van der Waals surface area contributed by atoms with Crippen LogP contribution < -0.4 is 5.73 Å². The molecule has 2 aromatic rings. The van der Waals surface area contributed by atoms with E-state index in [1.165, 1.54) is 0 Å². The summed E-state index contributed by atoms with van der Waals surface area (Å²) in [4.78, 5) is 7.36. The summed E-state index contributed by atoms with van der Waals surface area (Å²) in [5.41, 5.74) is 6.12. The first-order valence-corrected chi connectivity index (χ1v) is 4.58. The fraction of sp³-hybridized carbons (Fsp3) is 0. The zero-order chi connectivity index (χ0) is 10.8. The van der Waals surface area contributed by atoms with Crippen molar-refractivity contribution in [2.24, 2.45) is 0 Å². The van der Waals surface area contributed by atoms with Gasteiger partial charge in [-0.2, -0.15) is 0 Å². The Morgan fingerprint density at radius 1 is 1.33 bits per heavy atom. The summed E-state index contributed by atoms with van der Waals surface area (Å²) in [7, 11) is 0. The molecule has 0 bridgehead atoms. The predicted octanol–water partition coefficient (Wildman–Crippen LogP) is 2.52. The summed E-state index contributed by atoms with van der Waals surface area (Å²) in [6.07, 6.45) is 1.04. The van der Waals surface area contributed by atoms with E-state index in [0.29, 0.717) is 10.6 Å². The molecule has 1 heterocycles. The van der Waals surface area contributed by atoms with Crippen molar-refractivity contribution >= 4 is 17.5 Å². The van der Waals surface area contributed by atoms with Crippen LogP contribution in [0, 0.1) is 5.82 Å². The van der Waals surface area contributed by atoms with Crippen LogP contribution in [0.3, 0.4) is 0 Å². The standard InChI is InChI=1S/C10H7ClFN3/c11-7-3-1-2-6(4-7)9-8(12)5-14-10(13)15-9/h1-5H,(H2,13,14,15). The van der Waals surface area contributed by atoms with E-state index in [-0.39, 0.29) is 11.6 Å². The van der Waals surface area contributed by atoms with E-state index in [0.717, 1.165) is 6.20 Å². The average molecular weight is 224 g/mol. The van der Waals surface area contributed by atoms with Crippen molar-refractivity contribution in [2.75, 3.05) is 5.73 Å². The molecule has 1 aromatic heterocycles. The molecule has 3 nitrogen and oxygen atoms in total. The van der Waals surface area contributed by atoms with E-state index in [4.69, 9.17) is 17.3 Å². The van der Waals surface area contributed by atoms with E-state index in [1.54, 1.807) is 24.3 Å². The topological polar surface area (TPSA) is 51.8 Å². The maximum atomic E-state index is 13.4. The first kappa shape index (κ1) is 9.86. The molecule has 2 rings (SSSR count). The maximum absolute atomic E-state index is 13.4. The van der Waals surface area contributed by atoms with Crippen LogP contribution in [0.5, 0.6) is 0 Å². The first-order valence-electron chi connectivity index (χ1n) is 4.21. The van der Waals surface area contributed by atoms with Crippen molar-refractivity contribution < 1.29 is 4.39 Å². The first-order chi connectivity index (χ1) is 7.16. The van der Waals surface area contributed by atoms with Gasteiger partial charge in [0.1, 0.15) is 5.69 Å². The predicted molar refractivity (Wildman–Crippen MR) is 56.8 cm³/mol. The van der Waals surface area contributed by atoms with Crippen molar-refractivity contribution in [3.63, 3.8) is 0 Å². The molecular weight excluding hydrogens is 217 g/mol. The van der Waals surface area contributed by atoms with E-state index >= 15 is 0 Å². The van der Waals surface area contributed by atoms with Crippen molar-refractivity contribution in [1.29, 1.82) is 0 Å². The molecular formula is C10H7ClFN3. The van der Waals surface area contributed by atoms with Gasteiger partial charge in [-0.1, -0.05) is 23.7 Å². The Kier molecular flexibility index (Phi) is 2.51. The SMILES string of the molecule is Nc1ncc(F)c(-c2cccc(Cl)c2)n1. The molecule has 0 saturated carbocycles. The van der Waals surface area contributed by atoms with Gasteiger partial charge in [-0.15, -0.1) is 0 Å². The number of hydrogen-bond donors (Lipinski definition) is 1. The summed E-state index contributed by atoms with van der Waals surface area (Å²) in [6, 6.07) is 6.74. The lowest BCUT2D eigenvalue weighted by Crippen LogP contribution is -1.98. The number of nitrogens with zero attached hydrogens (tertiary/aromatic N) is 2. The number of hydrogen-bond acceptors (Lipinski definition) is 3. The highest BCUT2D eigenvalue weighted by molar-refractivity contribution is 6.30. The number of rotatable bonds is 1. The van der Waals surface area contributed by atoms with Crippen LogP contribution in [0.4, 0.5) is 10.3 Å². The van der Waals surface area contributed by atoms with Gasteiger partial charge in [-0.3, -0.25) is 0 Å². The summed E-state index contributed by atoms with van der Waals surface area (Å²) >= 11 is 5.79. The molecule has 0 aliphatic rings. The highest BCUT2D eigenvalue weighted by Crippen LogP contribution is 2.23. The van der Waals surface area contributed by atoms with Crippen molar-refractivity contribution in [3.05, 3.63) is 41.3 Å². The molecule has 0 radical (unpaired) electrons. The van der Waals surface area contributed by atoms with Crippen molar-refractivity contribution in [1.82, 2.24) is 9.97 Å². The third-order valence-electron chi connectivity index (χ3n) is 1.86. The summed E-state index contributed by atoms with van der Waals surface area (Å²) < 4.78 is 13.4. The van der Waals surface area contributed by atoms with Gasteiger partial charge in [0.15, 0.2) is 5.82 Å². The smallest absolute Gasteiger partial charge is 0.220 e. The van der Waals surface area contributed by atoms with Gasteiger partial charge < -0.3 is 5.73 Å². The Bertz CT molecular complexity index is 502. The van der Waals surface area contributed by atoms with Crippen LogP contribution in [0.2, 0.25) is 5.02 Å². The number of halogens is 2. The Morgan fingerprint density at radius 3 is 2.87 bits per heavy atom. The summed E-state index contributed by atoms with van der Waals surface area (Å²) in [5, 5.41) is 0.518. The highest BCUT2D eigenvalue weighted by Gasteiger charge is 2.08. The average Bonchev–Trinajstić information content (AvgIpc) is 2.22. The molecule has 0 aliphatic carbocycles. The molecule has 5 heteroatoms. The molecule has 0 amide bonds. The molecule has 76 valence electrons. The lowest BCUT2D eigenvalue weighted by molar-refractivity contribution is 0.619. The molecule has 0 saturated heterocycles. The minimum Gasteiger partial charge on any atom is -0.368 e. The molecule has 0 atom stereocenters. The minimum atomic E-state index is -0.522. The third-order valence-corrected chi connectivity index (χ3v) is 2.10. The largest absolute Gasteiger partial charge is 0.368 e. The Hall–Kier alpha value is -1.68. The van der Waals surface area contributed by atoms with Crippen LogP contribution in [0.25, 0.3) is 11.3 Å². The van der Waals surface area contributed by atoms with Gasteiger partial charge in [-0.05, 0) is 12.1 Å². The lowest BCUT2D eigenvalue weighted by atomic mass is 10.1. The lowest BCUT2D eigenvalue weighted by Gasteiger charge is -2.03. The minimum absolute atomic E-state index is 0.0337. The Labute approximate surface area is 90.7 Å². The van der Waals surface area contributed by atoms with Gasteiger partial charge in [0, 0.05) is 10.6 Å². The van der Waals surface area contributed by atoms with Crippen molar-refractivity contribution in [3.8, 4) is 11.3 Å². The summed E-state index contributed by atoms with van der Waals surface area (Å²) in [6.45, 7) is 0. The molecule has 0 aliphatic heterocycles. The fourth-order valence-electron chi connectivity index (χ4n) is 1.22. The second-order valence-electron chi connectivity index (χ2n) is 2.94. The van der Waals surface area contributed by atoms with E-state index in [9.17, 15) is 4.39 Å². The van der Waals surface area contributed by atoms with Crippen LogP contribution in [0.15, 0.2) is 30.5 Å². The molecule has 1 aromatic carbocycles. The van der Waals surface area contributed by atoms with Crippen LogP contribution in [0.1, 0.15) is 0 Å². The van der Waals surface area contributed by atoms with Crippen LogP contribution >= 0.6 is 11.6 Å². The molecule has 0 fully saturated rings. The monoisotopic (exact) mass is 223 g/mol. The van der Waals surface area contributed by atoms with Crippen molar-refractivity contribution in [2.45, 2.75) is 0 Å². The number of aromatic nitrogens is 2. The molecule has 0 spiro atoms. The van der Waals surface area contributed by atoms with Crippen LogP contribution in [-0.4, -0.2) is 9.97 Å². The van der Waals surface area contributed by atoms with Gasteiger partial charge in [0.05, 0.1) is 6.20 Å². The number of anilines is 1. The third kappa shape index (κ3) is 2.05. The quantitative estimate of drug-likeness (QED) is 0.808. The maximum Gasteiger partial charge on any atom is 0.220 e. The van der Waals surface area contributed by atoms with E-state index in [2.05, 4.69) is 9.97 Å². The van der Waals surface area contributed by atoms with E-state index < -0.39 is 5.82 Å². The molecule has 15 heavy (non-hydrogen) atoms. The number of nitrogen functional groups attached to an aromatic ring is 1. The normalized spacial score (nSPS) is 10.3. The highest BCUT2D eigenvalue weighted by atomic mass is 35.5. The Balaban J connectivity index is 2.58. The summed E-state index contributed by atoms with van der Waals surface area (Å²) in [5.74, 6) is -0.488. The Morgan fingerprint density at radius 2 is 2.13 bits per heavy atom. The second-order valence-corrected chi connectivity index (χ2v) is 3.37. The van der Waals surface area contributed by atoms with E-state index in [1.807, 2.05) is 0 Å². The van der Waals surface area contributed by atoms with Gasteiger partial charge in [0.25, 0.3) is 0 Å². The molecule has 0 unspecified atom stereocenters. The second kappa shape index (κ2) is 3.82. The zero-order valence-electron chi connectivity index (χ0n) is 7.61. The number of benzene rings is 1. The molecule has 2 N–H and O–H groups in total. The van der Waals surface area contributed by atoms with Gasteiger partial charge in [0.2, 0.25) is 5.95 Å². The fourth-order valence-corrected chi connectivity index (χ4v) is 1.41. The van der Waals surface area contributed by atoms with Crippen LogP contribution in [-0.2, 0) is 0 Å². The number of nitrogens with two attached hydrogens (primary N) is 1.